The van der Waals surface area contributed by atoms with Crippen molar-refractivity contribution in [1.29, 1.82) is 0 Å². The zero-order chi connectivity index (χ0) is 22.5. The highest BCUT2D eigenvalue weighted by Crippen LogP contribution is 2.40. The molecule has 0 unspecified atom stereocenters. The number of hydrogen-bond acceptors (Lipinski definition) is 6. The topological polar surface area (TPSA) is 82.7 Å². The molecule has 0 saturated heterocycles. The number of nitrogens with one attached hydrogen (secondary N) is 1. The third kappa shape index (κ3) is 4.45. The number of aliphatic hydroxyl groups is 2. The Labute approximate surface area is 189 Å². The van der Waals surface area contributed by atoms with Gasteiger partial charge in [-0.15, -0.1) is 0 Å². The summed E-state index contributed by atoms with van der Waals surface area (Å²) in [6.45, 7) is 1.83. The van der Waals surface area contributed by atoms with Gasteiger partial charge in [-0.1, -0.05) is 42.3 Å². The fourth-order valence-corrected chi connectivity index (χ4v) is 4.73. The predicted molar refractivity (Wildman–Crippen MR) is 114 cm³/mol. The summed E-state index contributed by atoms with van der Waals surface area (Å²) in [6.07, 6.45) is -0.00976. The Morgan fingerprint density at radius 3 is 2.61 bits per heavy atom. The highest BCUT2D eigenvalue weighted by atomic mass is 35.5. The van der Waals surface area contributed by atoms with E-state index in [0.717, 1.165) is 0 Å². The summed E-state index contributed by atoms with van der Waals surface area (Å²) in [5.74, 6) is 0.195. The molecule has 12 heteroatoms. The Bertz CT molecular complexity index is 1130. The molecule has 1 saturated carbocycles. The maximum absolute atomic E-state index is 12.7. The number of halogens is 5. The SMILES string of the molecule is C[C@@H]1C[C@@H](Nc2c(Cl)cnc3c(Cl)c(-c4cccc(SC(F)(F)F)c4)nn23)[C@H](O)[C@@H]1O. The van der Waals surface area contributed by atoms with E-state index in [9.17, 15) is 23.4 Å². The molecule has 4 atom stereocenters. The molecule has 0 aliphatic heterocycles. The van der Waals surface area contributed by atoms with Crippen LogP contribution in [-0.4, -0.2) is 48.6 Å². The molecule has 6 nitrogen and oxygen atoms in total. The van der Waals surface area contributed by atoms with Gasteiger partial charge in [0.15, 0.2) is 11.5 Å². The zero-order valence-corrected chi connectivity index (χ0v) is 18.3. The minimum Gasteiger partial charge on any atom is -0.390 e. The highest BCUT2D eigenvalue weighted by molar-refractivity contribution is 8.00. The van der Waals surface area contributed by atoms with Crippen molar-refractivity contribution in [2.24, 2.45) is 5.92 Å². The fourth-order valence-electron chi connectivity index (χ4n) is 3.67. The van der Waals surface area contributed by atoms with E-state index in [4.69, 9.17) is 23.2 Å². The number of hydrogen-bond donors (Lipinski definition) is 3. The van der Waals surface area contributed by atoms with Crippen LogP contribution in [-0.2, 0) is 0 Å². The van der Waals surface area contributed by atoms with Crippen molar-refractivity contribution in [3.8, 4) is 11.3 Å². The lowest BCUT2D eigenvalue weighted by molar-refractivity contribution is -0.0328. The van der Waals surface area contributed by atoms with Crippen molar-refractivity contribution in [3.05, 3.63) is 40.5 Å². The molecule has 1 fully saturated rings. The average molecular weight is 493 g/mol. The molecule has 2 heterocycles. The van der Waals surface area contributed by atoms with Crippen LogP contribution in [0.5, 0.6) is 0 Å². The first kappa shape index (κ1) is 22.5. The highest BCUT2D eigenvalue weighted by Gasteiger charge is 2.39. The Morgan fingerprint density at radius 1 is 1.23 bits per heavy atom. The number of aliphatic hydroxyl groups excluding tert-OH is 2. The van der Waals surface area contributed by atoms with Gasteiger partial charge < -0.3 is 15.5 Å². The zero-order valence-electron chi connectivity index (χ0n) is 15.9. The monoisotopic (exact) mass is 492 g/mol. The van der Waals surface area contributed by atoms with Gasteiger partial charge in [0.1, 0.15) is 21.8 Å². The normalized spacial score (nSPS) is 24.1. The van der Waals surface area contributed by atoms with Gasteiger partial charge in [0, 0.05) is 10.5 Å². The van der Waals surface area contributed by atoms with Gasteiger partial charge >= 0.3 is 5.51 Å². The van der Waals surface area contributed by atoms with E-state index in [1.54, 1.807) is 6.07 Å². The third-order valence-electron chi connectivity index (χ3n) is 5.18. The van der Waals surface area contributed by atoms with E-state index >= 15 is 0 Å². The standard InChI is InChI=1S/C19H17Cl2F3N4O2S/c1-8-5-12(16(30)15(8)29)26-17-11(20)7-25-18-13(21)14(27-28(17)18)9-3-2-4-10(6-9)31-19(22,23)24/h2-4,6-8,12,15-16,26,29-30H,5H2,1H3/t8-,12-,15-,16+/m1/s1. The number of fused-ring (bicyclic) bond motifs is 1. The smallest absolute Gasteiger partial charge is 0.390 e. The number of benzene rings is 1. The lowest BCUT2D eigenvalue weighted by Crippen LogP contribution is -2.35. The number of alkyl halides is 3. The first-order valence-corrected chi connectivity index (χ1v) is 10.8. The molecule has 2 aromatic heterocycles. The second-order valence-electron chi connectivity index (χ2n) is 7.37. The molecule has 3 aromatic rings. The summed E-state index contributed by atoms with van der Waals surface area (Å²) < 4.78 is 39.6. The molecule has 1 aromatic carbocycles. The fraction of sp³-hybridized carbons (Fsp3) is 0.368. The summed E-state index contributed by atoms with van der Waals surface area (Å²) in [5, 5.41) is 28.2. The number of aromatic nitrogens is 3. The van der Waals surface area contributed by atoms with Gasteiger partial charge in [-0.25, -0.2) is 4.98 Å². The van der Waals surface area contributed by atoms with Gasteiger partial charge in [0.25, 0.3) is 0 Å². The molecular weight excluding hydrogens is 476 g/mol. The molecule has 1 aliphatic carbocycles. The Balaban J connectivity index is 1.74. The van der Waals surface area contributed by atoms with Crippen LogP contribution in [0.3, 0.4) is 0 Å². The summed E-state index contributed by atoms with van der Waals surface area (Å²) in [7, 11) is 0. The van der Waals surface area contributed by atoms with Crippen molar-refractivity contribution in [2.45, 2.75) is 42.0 Å². The molecule has 0 spiro atoms. The Hall–Kier alpha value is -1.72. The summed E-state index contributed by atoms with van der Waals surface area (Å²) in [5.41, 5.74) is -3.54. The van der Waals surface area contributed by atoms with Gasteiger partial charge in [-0.2, -0.15) is 22.8 Å². The molecular formula is C19H17Cl2F3N4O2S. The minimum absolute atomic E-state index is 0.000448. The number of nitrogens with zero attached hydrogens (tertiary/aromatic N) is 3. The van der Waals surface area contributed by atoms with E-state index < -0.39 is 23.8 Å². The van der Waals surface area contributed by atoms with Crippen LogP contribution >= 0.6 is 35.0 Å². The van der Waals surface area contributed by atoms with Crippen LogP contribution in [0.25, 0.3) is 16.9 Å². The second kappa shape index (κ2) is 8.32. The molecule has 4 rings (SSSR count). The second-order valence-corrected chi connectivity index (χ2v) is 9.30. The Morgan fingerprint density at radius 2 is 1.97 bits per heavy atom. The number of anilines is 1. The van der Waals surface area contributed by atoms with Crippen LogP contribution < -0.4 is 5.32 Å². The third-order valence-corrected chi connectivity index (χ3v) is 6.52. The van der Waals surface area contributed by atoms with Gasteiger partial charge in [-0.05, 0) is 36.2 Å². The maximum Gasteiger partial charge on any atom is 0.446 e. The van der Waals surface area contributed by atoms with Crippen molar-refractivity contribution in [1.82, 2.24) is 14.6 Å². The summed E-state index contributed by atoms with van der Waals surface area (Å²) >= 11 is 12.5. The van der Waals surface area contributed by atoms with Crippen molar-refractivity contribution in [2.75, 3.05) is 5.32 Å². The first-order valence-electron chi connectivity index (χ1n) is 9.26. The quantitative estimate of drug-likeness (QED) is 0.451. The van der Waals surface area contributed by atoms with E-state index in [2.05, 4.69) is 15.4 Å². The average Bonchev–Trinajstić information content (AvgIpc) is 3.15. The van der Waals surface area contributed by atoms with Gasteiger partial charge in [-0.3, -0.25) is 0 Å². The Kier molecular flexibility index (Phi) is 6.04. The number of thioether (sulfide) groups is 1. The molecule has 31 heavy (non-hydrogen) atoms. The minimum atomic E-state index is -4.42. The van der Waals surface area contributed by atoms with Crippen LogP contribution in [0.1, 0.15) is 13.3 Å². The van der Waals surface area contributed by atoms with E-state index in [1.165, 1.54) is 28.9 Å². The van der Waals surface area contributed by atoms with Crippen LogP contribution in [0.2, 0.25) is 10.0 Å². The van der Waals surface area contributed by atoms with Crippen LogP contribution in [0.15, 0.2) is 35.4 Å². The summed E-state index contributed by atoms with van der Waals surface area (Å²) in [4.78, 5) is 4.19. The first-order chi connectivity index (χ1) is 14.5. The predicted octanol–water partition coefficient (Wildman–Crippen LogP) is 4.86. The molecule has 166 valence electrons. The lowest BCUT2D eigenvalue weighted by atomic mass is 10.1. The van der Waals surface area contributed by atoms with E-state index in [0.29, 0.717) is 17.8 Å². The number of rotatable bonds is 4. The molecule has 1 aliphatic rings. The van der Waals surface area contributed by atoms with E-state index in [1.807, 2.05) is 6.92 Å². The van der Waals surface area contributed by atoms with Crippen LogP contribution in [0.4, 0.5) is 19.0 Å². The molecule has 0 amide bonds. The lowest BCUT2D eigenvalue weighted by Gasteiger charge is -2.20. The molecule has 3 N–H and O–H groups in total. The molecule has 0 radical (unpaired) electrons. The van der Waals surface area contributed by atoms with Gasteiger partial charge in [0.2, 0.25) is 0 Å². The van der Waals surface area contributed by atoms with Crippen molar-refractivity contribution in [3.63, 3.8) is 0 Å². The maximum atomic E-state index is 12.7. The van der Waals surface area contributed by atoms with Gasteiger partial charge in [0.05, 0.1) is 18.3 Å². The van der Waals surface area contributed by atoms with Crippen molar-refractivity contribution < 1.29 is 23.4 Å². The van der Waals surface area contributed by atoms with Crippen LogP contribution in [0, 0.1) is 5.92 Å². The summed E-state index contributed by atoms with van der Waals surface area (Å²) in [6, 6.07) is 5.30. The van der Waals surface area contributed by atoms with Crippen molar-refractivity contribution >= 4 is 46.4 Å². The largest absolute Gasteiger partial charge is 0.446 e. The molecule has 0 bridgehead atoms. The van der Waals surface area contributed by atoms with E-state index in [-0.39, 0.29) is 44.0 Å².